The lowest BCUT2D eigenvalue weighted by Crippen LogP contribution is -2.33. The number of nitrogens with zero attached hydrogens (tertiary/aromatic N) is 1. The number of nitriles is 1. The molecule has 1 aromatic carbocycles. The molecule has 0 fully saturated rings. The van der Waals surface area contributed by atoms with Gasteiger partial charge in [0.1, 0.15) is 11.0 Å². The molecule has 5 nitrogen and oxygen atoms in total. The average molecular weight is 287 g/mol. The van der Waals surface area contributed by atoms with E-state index in [0.717, 1.165) is 0 Å². The summed E-state index contributed by atoms with van der Waals surface area (Å²) in [6.45, 7) is 1.23. The molecule has 1 atom stereocenters. The molecule has 96 valence electrons. The Labute approximate surface area is 110 Å². The van der Waals surface area contributed by atoms with E-state index in [0.29, 0.717) is 10.7 Å². The van der Waals surface area contributed by atoms with E-state index in [1.54, 1.807) is 24.3 Å². The first-order valence-corrected chi connectivity index (χ1v) is 7.11. The van der Waals surface area contributed by atoms with Crippen LogP contribution in [0.3, 0.4) is 0 Å². The van der Waals surface area contributed by atoms with Crippen molar-refractivity contribution >= 4 is 33.0 Å². The fourth-order valence-corrected chi connectivity index (χ4v) is 2.17. The minimum Gasteiger partial charge on any atom is -0.324 e. The number of rotatable bonds is 4. The Morgan fingerprint density at radius 2 is 2.11 bits per heavy atom. The predicted molar refractivity (Wildman–Crippen MR) is 68.9 cm³/mol. The molecule has 1 amide bonds. The lowest BCUT2D eigenvalue weighted by atomic mass is 10.3. The summed E-state index contributed by atoms with van der Waals surface area (Å²) < 4.78 is 23.1. The summed E-state index contributed by atoms with van der Waals surface area (Å²) in [6.07, 6.45) is 0. The van der Waals surface area contributed by atoms with Gasteiger partial charge < -0.3 is 5.32 Å². The first-order chi connectivity index (χ1) is 8.38. The normalized spacial score (nSPS) is 12.5. The number of halogens is 1. The molecule has 0 aliphatic heterocycles. The number of carbonyl (C=O) groups excluding carboxylic acids is 1. The molecule has 0 saturated carbocycles. The summed E-state index contributed by atoms with van der Waals surface area (Å²) in [4.78, 5) is 11.7. The molecular formula is C11H11ClN2O3S. The molecular weight excluding hydrogens is 276 g/mol. The molecule has 0 radical (unpaired) electrons. The molecule has 1 aromatic rings. The highest BCUT2D eigenvalue weighted by Gasteiger charge is 2.27. The minimum absolute atomic E-state index is 0.315. The van der Waals surface area contributed by atoms with Gasteiger partial charge in [0.05, 0.1) is 16.8 Å². The number of sulfone groups is 1. The first-order valence-electron chi connectivity index (χ1n) is 5.02. The Hall–Kier alpha value is -1.58. The van der Waals surface area contributed by atoms with Crippen molar-refractivity contribution in [2.24, 2.45) is 0 Å². The van der Waals surface area contributed by atoms with Crippen molar-refractivity contribution in [3.63, 3.8) is 0 Å². The number of nitrogens with one attached hydrogen (secondary N) is 1. The number of benzene rings is 1. The molecule has 7 heteroatoms. The summed E-state index contributed by atoms with van der Waals surface area (Å²) in [6, 6.07) is 8.01. The smallest absolute Gasteiger partial charge is 0.242 e. The fourth-order valence-electron chi connectivity index (χ4n) is 1.17. The van der Waals surface area contributed by atoms with Crippen molar-refractivity contribution < 1.29 is 13.2 Å². The topological polar surface area (TPSA) is 87.0 Å². The van der Waals surface area contributed by atoms with E-state index in [-0.39, 0.29) is 0 Å². The van der Waals surface area contributed by atoms with Gasteiger partial charge in [0.15, 0.2) is 9.84 Å². The van der Waals surface area contributed by atoms with Gasteiger partial charge in [-0.25, -0.2) is 8.42 Å². The third kappa shape index (κ3) is 3.45. The van der Waals surface area contributed by atoms with Gasteiger partial charge >= 0.3 is 0 Å². The fraction of sp³-hybridized carbons (Fsp3) is 0.273. The molecule has 1 N–H and O–H groups in total. The summed E-state index contributed by atoms with van der Waals surface area (Å²) >= 11 is 5.83. The predicted octanol–water partition coefficient (Wildman–Crippen LogP) is 1.61. The van der Waals surface area contributed by atoms with Crippen molar-refractivity contribution in [1.82, 2.24) is 0 Å². The second kappa shape index (κ2) is 5.85. The number of para-hydroxylation sites is 1. The molecule has 0 bridgehead atoms. The van der Waals surface area contributed by atoms with Gasteiger partial charge in [0.2, 0.25) is 5.91 Å². The standard InChI is InChI=1S/C11H11ClN2O3S/c1-8(18(16,17)7-6-13)11(15)14-10-5-3-2-4-9(10)12/h2-5,8H,7H2,1H3,(H,14,15). The summed E-state index contributed by atoms with van der Waals surface area (Å²) in [7, 11) is -3.76. The lowest BCUT2D eigenvalue weighted by molar-refractivity contribution is -0.115. The van der Waals surface area contributed by atoms with E-state index in [1.165, 1.54) is 13.0 Å². The SMILES string of the molecule is CC(C(=O)Nc1ccccc1Cl)S(=O)(=O)CC#N. The maximum atomic E-state index is 11.7. The van der Waals surface area contributed by atoms with E-state index < -0.39 is 26.7 Å². The van der Waals surface area contributed by atoms with Gasteiger partial charge in [-0.3, -0.25) is 4.79 Å². The van der Waals surface area contributed by atoms with Gasteiger partial charge in [0, 0.05) is 0 Å². The second-order valence-electron chi connectivity index (χ2n) is 3.58. The quantitative estimate of drug-likeness (QED) is 0.911. The number of carbonyl (C=O) groups is 1. The lowest BCUT2D eigenvalue weighted by Gasteiger charge is -2.12. The van der Waals surface area contributed by atoms with Crippen molar-refractivity contribution in [2.75, 3.05) is 11.1 Å². The van der Waals surface area contributed by atoms with Crippen LogP contribution in [0.15, 0.2) is 24.3 Å². The van der Waals surface area contributed by atoms with E-state index in [9.17, 15) is 13.2 Å². The van der Waals surface area contributed by atoms with Crippen molar-refractivity contribution in [3.05, 3.63) is 29.3 Å². The molecule has 0 heterocycles. The molecule has 0 saturated heterocycles. The van der Waals surface area contributed by atoms with E-state index in [1.807, 2.05) is 0 Å². The minimum atomic E-state index is -3.76. The average Bonchev–Trinajstić information content (AvgIpc) is 2.31. The van der Waals surface area contributed by atoms with Crippen molar-refractivity contribution in [1.29, 1.82) is 5.26 Å². The van der Waals surface area contributed by atoms with Crippen LogP contribution >= 0.6 is 11.6 Å². The summed E-state index contributed by atoms with van der Waals surface area (Å²) in [5.74, 6) is -1.40. The molecule has 0 aliphatic rings. The number of hydrogen-bond acceptors (Lipinski definition) is 4. The molecule has 0 aliphatic carbocycles. The van der Waals surface area contributed by atoms with Crippen molar-refractivity contribution in [2.45, 2.75) is 12.2 Å². The Morgan fingerprint density at radius 3 is 2.67 bits per heavy atom. The monoisotopic (exact) mass is 286 g/mol. The molecule has 1 unspecified atom stereocenters. The zero-order chi connectivity index (χ0) is 13.8. The van der Waals surface area contributed by atoms with Crippen LogP contribution in [0.25, 0.3) is 0 Å². The maximum absolute atomic E-state index is 11.7. The number of anilines is 1. The van der Waals surface area contributed by atoms with Crippen LogP contribution in [0, 0.1) is 11.3 Å². The van der Waals surface area contributed by atoms with E-state index in [4.69, 9.17) is 16.9 Å². The zero-order valence-electron chi connectivity index (χ0n) is 9.55. The Bertz CT molecular complexity index is 593. The van der Waals surface area contributed by atoms with Crippen LogP contribution in [-0.4, -0.2) is 25.3 Å². The van der Waals surface area contributed by atoms with Crippen LogP contribution in [0.2, 0.25) is 5.02 Å². The molecule has 0 spiro atoms. The molecule has 0 aromatic heterocycles. The number of amides is 1. The van der Waals surface area contributed by atoms with Gasteiger partial charge in [-0.2, -0.15) is 5.26 Å². The van der Waals surface area contributed by atoms with Gasteiger partial charge in [0.25, 0.3) is 0 Å². The van der Waals surface area contributed by atoms with Crippen LogP contribution in [-0.2, 0) is 14.6 Å². The summed E-state index contributed by atoms with van der Waals surface area (Å²) in [5.41, 5.74) is 0.336. The van der Waals surface area contributed by atoms with Crippen LogP contribution in [0.1, 0.15) is 6.92 Å². The molecule has 18 heavy (non-hydrogen) atoms. The Balaban J connectivity index is 2.85. The number of hydrogen-bond donors (Lipinski definition) is 1. The Kier molecular flexibility index (Phi) is 4.70. The highest BCUT2D eigenvalue weighted by molar-refractivity contribution is 7.92. The maximum Gasteiger partial charge on any atom is 0.242 e. The van der Waals surface area contributed by atoms with Gasteiger partial charge in [-0.05, 0) is 19.1 Å². The third-order valence-corrected chi connectivity index (χ3v) is 4.46. The van der Waals surface area contributed by atoms with Crippen LogP contribution in [0.4, 0.5) is 5.69 Å². The second-order valence-corrected chi connectivity index (χ2v) is 6.31. The van der Waals surface area contributed by atoms with Crippen LogP contribution < -0.4 is 5.32 Å². The summed E-state index contributed by atoms with van der Waals surface area (Å²) in [5, 5.41) is 9.82. The van der Waals surface area contributed by atoms with Crippen molar-refractivity contribution in [3.8, 4) is 6.07 Å². The van der Waals surface area contributed by atoms with Gasteiger partial charge in [-0.1, -0.05) is 23.7 Å². The van der Waals surface area contributed by atoms with Crippen LogP contribution in [0.5, 0.6) is 0 Å². The van der Waals surface area contributed by atoms with Gasteiger partial charge in [-0.15, -0.1) is 0 Å². The van der Waals surface area contributed by atoms with E-state index >= 15 is 0 Å². The largest absolute Gasteiger partial charge is 0.324 e. The van der Waals surface area contributed by atoms with E-state index in [2.05, 4.69) is 5.32 Å². The third-order valence-electron chi connectivity index (χ3n) is 2.31. The highest BCUT2D eigenvalue weighted by Crippen LogP contribution is 2.21. The highest BCUT2D eigenvalue weighted by atomic mass is 35.5. The molecule has 1 rings (SSSR count). The Morgan fingerprint density at radius 1 is 1.50 bits per heavy atom. The first kappa shape index (κ1) is 14.5. The zero-order valence-corrected chi connectivity index (χ0v) is 11.1.